The van der Waals surface area contributed by atoms with Gasteiger partial charge in [-0.05, 0) is 57.8 Å². The number of aliphatic hydroxyl groups is 1. The number of allylic oxidation sites excluding steroid dienone is 2. The van der Waals surface area contributed by atoms with Crippen LogP contribution in [0.15, 0.2) is 12.2 Å². The Morgan fingerprint density at radius 3 is 1.48 bits per heavy atom. The Kier molecular flexibility index (Phi) is 49.2. The van der Waals surface area contributed by atoms with E-state index in [0.29, 0.717) is 25.7 Å². The lowest BCUT2D eigenvalue weighted by atomic mass is 9.95. The molecule has 0 radical (unpaired) electrons. The van der Waals surface area contributed by atoms with Gasteiger partial charge in [0.25, 0.3) is 0 Å². The van der Waals surface area contributed by atoms with E-state index in [2.05, 4.69) is 50.5 Å². The number of unbranched alkanes of at least 4 members (excludes halogenated alkanes) is 30. The van der Waals surface area contributed by atoms with Gasteiger partial charge in [-0.1, -0.05) is 220 Å². The largest absolute Gasteiger partial charge is 0.470 e. The van der Waals surface area contributed by atoms with Gasteiger partial charge in [-0.2, -0.15) is 0 Å². The van der Waals surface area contributed by atoms with Crippen molar-refractivity contribution in [3.8, 4) is 0 Å². The minimum Gasteiger partial charge on any atom is -0.388 e. The predicted octanol–water partition coefficient (Wildman–Crippen LogP) is 14.3. The van der Waals surface area contributed by atoms with Gasteiger partial charge in [0.05, 0.1) is 25.7 Å². The summed E-state index contributed by atoms with van der Waals surface area (Å²) in [7, 11) is -6.63. The second-order valence-electron chi connectivity index (χ2n) is 25.1. The molecule has 89 heavy (non-hydrogen) atoms. The summed E-state index contributed by atoms with van der Waals surface area (Å²) in [5, 5.41) is 18.1. The van der Waals surface area contributed by atoms with E-state index in [9.17, 15) is 43.3 Å². The Labute approximate surface area is 538 Å². The first-order chi connectivity index (χ1) is 42.9. The summed E-state index contributed by atoms with van der Waals surface area (Å²) in [5.74, 6) is -1.36. The number of phosphoric ester groups is 1. The van der Waals surface area contributed by atoms with Crippen molar-refractivity contribution in [3.63, 3.8) is 0 Å². The van der Waals surface area contributed by atoms with Crippen LogP contribution >= 0.6 is 15.4 Å². The molecule has 2 fully saturated rings. The summed E-state index contributed by atoms with van der Waals surface area (Å²) >= 11 is 0. The van der Waals surface area contributed by atoms with Gasteiger partial charge in [-0.25, -0.2) is 4.57 Å². The third-order valence-corrected chi connectivity index (χ3v) is 18.0. The summed E-state index contributed by atoms with van der Waals surface area (Å²) in [6.45, 7) is 9.11. The van der Waals surface area contributed by atoms with Gasteiger partial charge in [0, 0.05) is 46.9 Å². The molecule has 2 saturated heterocycles. The minimum absolute atomic E-state index is 0.0326. The van der Waals surface area contributed by atoms with Crippen molar-refractivity contribution >= 4 is 33.0 Å². The van der Waals surface area contributed by atoms with Gasteiger partial charge < -0.3 is 63.6 Å². The molecule has 22 heteroatoms. The molecule has 2 amide bonds. The van der Waals surface area contributed by atoms with Crippen LogP contribution in [-0.2, 0) is 65.7 Å². The van der Waals surface area contributed by atoms with Crippen LogP contribution in [0.2, 0.25) is 0 Å². The fourth-order valence-electron chi connectivity index (χ4n) is 11.8. The van der Waals surface area contributed by atoms with Gasteiger partial charge in [0.2, 0.25) is 11.8 Å². The summed E-state index contributed by atoms with van der Waals surface area (Å²) in [6, 6.07) is -2.64. The molecule has 524 valence electrons. The molecular formula is C67H128N2O18P2. The Hall–Kier alpha value is -1.71. The van der Waals surface area contributed by atoms with E-state index in [-0.39, 0.29) is 44.5 Å². The summed E-state index contributed by atoms with van der Waals surface area (Å²) in [4.78, 5) is 72.5. The number of Topliss-reactive ketones (excluding diaryl/α,β-unsaturated/α-hetero) is 1. The van der Waals surface area contributed by atoms with Gasteiger partial charge in [-0.3, -0.25) is 28.0 Å². The number of hydrogen-bond donors (Lipinski definition) is 6. The monoisotopic (exact) mass is 1310 g/mol. The number of ketones is 1. The SMILES string of the molecule is CCCCCC/C=C\CCCCCCCCCC(=O)NC1C(OCC2OC(OP(C)(=O)O)C(NC(=O)CC(=O)CCCCCCCCCCC)C(OCCCCCCCCCC)C2O)OC(COC)C(OP(=O)(O)O)C1OCCC(CCCCCCC)OC. The molecule has 2 aliphatic heterocycles. The van der Waals surface area contributed by atoms with Crippen LogP contribution in [0.3, 0.4) is 0 Å². The standard InChI is InChI=1S/C67H128N2O18P2/c1-8-12-16-20-23-26-27-28-29-30-31-33-35-39-43-47-58(71)68-61-65(82-50-48-55(80-6)46-42-37-19-15-11-4)63(86-89(76,77)78)57(52-79-5)85-66(61)83-53-56-62(73)64(81-49-44-40-36-25-22-18-14-10-3)60(67(84-56)87-88(7,74)75)69-59(72)51-54(70)45-41-38-34-32-24-21-17-13-9-2/h26-27,55-57,60-67,73H,8-25,28-53H2,1-7H3,(H,68,71)(H,69,72)(H,74,75)(H2,76,77,78)/b27-26-. The number of carbonyl (C=O) groups excluding carboxylic acids is 3. The molecule has 2 aliphatic rings. The molecule has 20 nitrogen and oxygen atoms in total. The van der Waals surface area contributed by atoms with E-state index in [1.165, 1.54) is 64.9 Å². The van der Waals surface area contributed by atoms with Gasteiger partial charge >= 0.3 is 15.4 Å². The molecule has 2 rings (SSSR count). The quantitative estimate of drug-likeness (QED) is 0.0143. The van der Waals surface area contributed by atoms with Crippen LogP contribution in [0, 0.1) is 0 Å². The van der Waals surface area contributed by atoms with Gasteiger partial charge in [-0.15, -0.1) is 0 Å². The summed E-state index contributed by atoms with van der Waals surface area (Å²) < 4.78 is 80.6. The van der Waals surface area contributed by atoms with Crippen molar-refractivity contribution in [2.75, 3.05) is 47.3 Å². The number of phosphoric acid groups is 1. The van der Waals surface area contributed by atoms with Crippen molar-refractivity contribution in [2.45, 2.75) is 352 Å². The summed E-state index contributed by atoms with van der Waals surface area (Å²) in [6.07, 6.45) is 31.1. The molecular weight excluding hydrogens is 1180 g/mol. The molecule has 0 aromatic heterocycles. The number of aliphatic hydroxyl groups excluding tert-OH is 1. The van der Waals surface area contributed by atoms with Crippen molar-refractivity contribution in [3.05, 3.63) is 12.2 Å². The number of amides is 2. The Morgan fingerprint density at radius 2 is 0.955 bits per heavy atom. The molecule has 0 aliphatic carbocycles. The Balaban J connectivity index is 2.45. The highest BCUT2D eigenvalue weighted by Crippen LogP contribution is 2.44. The molecule has 0 spiro atoms. The maximum atomic E-state index is 14.2. The molecule has 12 atom stereocenters. The zero-order chi connectivity index (χ0) is 65.4. The Morgan fingerprint density at radius 1 is 0.494 bits per heavy atom. The van der Waals surface area contributed by atoms with E-state index in [4.69, 9.17) is 42.2 Å². The summed E-state index contributed by atoms with van der Waals surface area (Å²) in [5.41, 5.74) is 0. The van der Waals surface area contributed by atoms with E-state index >= 15 is 0 Å². The van der Waals surface area contributed by atoms with E-state index < -0.39 is 102 Å². The maximum Gasteiger partial charge on any atom is 0.470 e. The van der Waals surface area contributed by atoms with Crippen molar-refractivity contribution in [1.82, 2.24) is 10.6 Å². The average molecular weight is 1310 g/mol. The lowest BCUT2D eigenvalue weighted by Crippen LogP contribution is -2.67. The molecule has 0 bridgehead atoms. The highest BCUT2D eigenvalue weighted by molar-refractivity contribution is 7.51. The second kappa shape index (κ2) is 52.6. The first-order valence-electron chi connectivity index (χ1n) is 35.2. The van der Waals surface area contributed by atoms with Crippen molar-refractivity contribution in [2.24, 2.45) is 0 Å². The predicted molar refractivity (Wildman–Crippen MR) is 351 cm³/mol. The molecule has 2 heterocycles. The molecule has 0 aromatic rings. The molecule has 6 N–H and O–H groups in total. The number of ether oxygens (including phenoxy) is 7. The van der Waals surface area contributed by atoms with Gasteiger partial charge in [0.15, 0.2) is 12.6 Å². The smallest absolute Gasteiger partial charge is 0.388 e. The third kappa shape index (κ3) is 41.0. The van der Waals surface area contributed by atoms with Crippen LogP contribution in [0.5, 0.6) is 0 Å². The van der Waals surface area contributed by atoms with Crippen molar-refractivity contribution < 1.29 is 85.5 Å². The van der Waals surface area contributed by atoms with Gasteiger partial charge in [0.1, 0.15) is 54.5 Å². The van der Waals surface area contributed by atoms with Crippen LogP contribution in [0.1, 0.15) is 285 Å². The van der Waals surface area contributed by atoms with E-state index in [1.54, 1.807) is 7.11 Å². The zero-order valence-electron chi connectivity index (χ0n) is 56.5. The topological polar surface area (TPSA) is 273 Å². The zero-order valence-corrected chi connectivity index (χ0v) is 58.3. The second-order valence-corrected chi connectivity index (χ2v) is 28.2. The Bertz CT molecular complexity index is 1890. The van der Waals surface area contributed by atoms with E-state index in [1.807, 2.05) is 0 Å². The lowest BCUT2D eigenvalue weighted by molar-refractivity contribution is -0.300. The number of hydrogen-bond acceptors (Lipinski definition) is 15. The van der Waals surface area contributed by atoms with E-state index in [0.717, 1.165) is 161 Å². The van der Waals surface area contributed by atoms with Crippen LogP contribution < -0.4 is 10.6 Å². The number of carbonyl (C=O) groups is 3. The molecule has 0 saturated carbocycles. The maximum absolute atomic E-state index is 14.2. The fraction of sp³-hybridized carbons (Fsp3) is 0.925. The number of methoxy groups -OCH3 is 2. The first-order valence-corrected chi connectivity index (χ1v) is 38.8. The first kappa shape index (κ1) is 83.4. The third-order valence-electron chi connectivity index (χ3n) is 16.9. The normalized spacial score (nSPS) is 23.4. The molecule has 0 aromatic carbocycles. The lowest BCUT2D eigenvalue weighted by Gasteiger charge is -2.47. The highest BCUT2D eigenvalue weighted by atomic mass is 31.2. The van der Waals surface area contributed by atoms with Crippen molar-refractivity contribution in [1.29, 1.82) is 0 Å². The highest BCUT2D eigenvalue weighted by Gasteiger charge is 2.53. The van der Waals surface area contributed by atoms with Crippen LogP contribution in [-0.4, -0.2) is 152 Å². The number of nitrogens with one attached hydrogen (secondary N) is 2. The molecule has 12 unspecified atom stereocenters. The fourth-order valence-corrected chi connectivity index (χ4v) is 12.9. The van der Waals surface area contributed by atoms with Crippen LogP contribution in [0.25, 0.3) is 0 Å². The van der Waals surface area contributed by atoms with Crippen LogP contribution in [0.4, 0.5) is 0 Å². The minimum atomic E-state index is -5.25. The average Bonchev–Trinajstić information content (AvgIpc) is 0.966. The number of rotatable bonds is 59.